The van der Waals surface area contributed by atoms with Crippen LogP contribution in [-0.2, 0) is 0 Å². The molecular formula is C16H12F3N3O5S. The second-order valence-electron chi connectivity index (χ2n) is 6.01. The van der Waals surface area contributed by atoms with Gasteiger partial charge in [0.25, 0.3) is 5.69 Å². The fourth-order valence-electron chi connectivity index (χ4n) is 2.99. The van der Waals surface area contributed by atoms with Crippen LogP contribution >= 0.6 is 11.3 Å². The number of nitrogens with one attached hydrogen (secondary N) is 2. The van der Waals surface area contributed by atoms with E-state index in [1.54, 1.807) is 0 Å². The fraction of sp³-hybridized carbons (Fsp3) is 0.250. The Hall–Kier alpha value is -2.99. The third-order valence-electron chi connectivity index (χ3n) is 4.32. The Balaban J connectivity index is 2.12. The van der Waals surface area contributed by atoms with Crippen LogP contribution < -0.4 is 10.6 Å². The van der Waals surface area contributed by atoms with E-state index >= 15 is 0 Å². The van der Waals surface area contributed by atoms with Gasteiger partial charge in [-0.3, -0.25) is 14.9 Å². The van der Waals surface area contributed by atoms with Gasteiger partial charge in [-0.05, 0) is 17.0 Å². The lowest BCUT2D eigenvalue weighted by atomic mass is 9.78. The van der Waals surface area contributed by atoms with Crippen molar-refractivity contribution in [2.45, 2.75) is 17.9 Å². The monoisotopic (exact) mass is 415 g/mol. The highest BCUT2D eigenvalue weighted by Crippen LogP contribution is 2.44. The molecule has 2 heterocycles. The Morgan fingerprint density at radius 1 is 1.25 bits per heavy atom. The van der Waals surface area contributed by atoms with Crippen LogP contribution in [-0.4, -0.2) is 33.7 Å². The van der Waals surface area contributed by atoms with Gasteiger partial charge in [-0.25, -0.2) is 4.79 Å². The number of rotatable bonds is 4. The number of ketones is 1. The summed E-state index contributed by atoms with van der Waals surface area (Å²) in [7, 11) is 0. The molecule has 3 atom stereocenters. The lowest BCUT2D eigenvalue weighted by Gasteiger charge is -2.44. The Morgan fingerprint density at radius 2 is 1.89 bits per heavy atom. The van der Waals surface area contributed by atoms with Gasteiger partial charge in [0.1, 0.15) is 5.92 Å². The van der Waals surface area contributed by atoms with E-state index in [2.05, 4.69) is 5.32 Å². The molecular weight excluding hydrogens is 403 g/mol. The maximum atomic E-state index is 13.7. The number of amides is 2. The number of nitro groups is 1. The van der Waals surface area contributed by atoms with Crippen LogP contribution in [0.25, 0.3) is 0 Å². The summed E-state index contributed by atoms with van der Waals surface area (Å²) < 4.78 is 41.0. The molecule has 3 unspecified atom stereocenters. The molecule has 2 amide bonds. The number of halogens is 3. The lowest BCUT2D eigenvalue weighted by molar-refractivity contribution is -0.384. The van der Waals surface area contributed by atoms with Crippen molar-refractivity contribution in [1.29, 1.82) is 0 Å². The molecule has 1 aromatic carbocycles. The van der Waals surface area contributed by atoms with E-state index in [1.807, 2.05) is 0 Å². The lowest BCUT2D eigenvalue weighted by Crippen LogP contribution is -2.72. The number of nitrogens with zero attached hydrogens (tertiary/aromatic N) is 1. The van der Waals surface area contributed by atoms with Crippen molar-refractivity contribution in [2.75, 3.05) is 0 Å². The number of alkyl halides is 3. The molecule has 8 nitrogen and oxygen atoms in total. The molecule has 28 heavy (non-hydrogen) atoms. The molecule has 2 aromatic rings. The summed E-state index contributed by atoms with van der Waals surface area (Å²) >= 11 is 0.883. The van der Waals surface area contributed by atoms with Gasteiger partial charge in [0.05, 0.1) is 15.8 Å². The molecule has 1 saturated heterocycles. The number of non-ortho nitro benzene ring substituents is 1. The van der Waals surface area contributed by atoms with Crippen molar-refractivity contribution in [3.8, 4) is 0 Å². The second-order valence-corrected chi connectivity index (χ2v) is 6.96. The molecule has 1 fully saturated rings. The summed E-state index contributed by atoms with van der Waals surface area (Å²) in [5.74, 6) is -3.20. The van der Waals surface area contributed by atoms with Crippen LogP contribution in [0.2, 0.25) is 0 Å². The number of benzene rings is 1. The number of hydrogen-bond donors (Lipinski definition) is 3. The topological polar surface area (TPSA) is 122 Å². The average molecular weight is 415 g/mol. The van der Waals surface area contributed by atoms with Gasteiger partial charge >= 0.3 is 12.2 Å². The summed E-state index contributed by atoms with van der Waals surface area (Å²) in [6.45, 7) is 0. The van der Waals surface area contributed by atoms with Crippen LogP contribution in [0, 0.1) is 16.0 Å². The molecule has 12 heteroatoms. The number of thiophene rings is 1. The predicted octanol–water partition coefficient (Wildman–Crippen LogP) is 2.76. The highest BCUT2D eigenvalue weighted by Gasteiger charge is 2.66. The minimum absolute atomic E-state index is 0.00182. The zero-order valence-corrected chi connectivity index (χ0v) is 14.6. The third-order valence-corrected chi connectivity index (χ3v) is 5.20. The van der Waals surface area contributed by atoms with Gasteiger partial charge in [0.2, 0.25) is 5.72 Å². The molecule has 0 radical (unpaired) electrons. The minimum Gasteiger partial charge on any atom is -0.363 e. The first-order valence-electron chi connectivity index (χ1n) is 7.74. The van der Waals surface area contributed by atoms with Crippen molar-refractivity contribution < 1.29 is 32.8 Å². The number of urea groups is 1. The van der Waals surface area contributed by atoms with Gasteiger partial charge in [-0.1, -0.05) is 18.2 Å². The molecule has 0 aliphatic carbocycles. The smallest absolute Gasteiger partial charge is 0.363 e. The van der Waals surface area contributed by atoms with E-state index in [9.17, 15) is 38.0 Å². The van der Waals surface area contributed by atoms with Crippen molar-refractivity contribution in [2.24, 2.45) is 5.92 Å². The highest BCUT2D eigenvalue weighted by atomic mass is 32.1. The number of carbonyl (C=O) groups is 2. The number of hydrogen-bond acceptors (Lipinski definition) is 6. The van der Waals surface area contributed by atoms with Gasteiger partial charge in [0, 0.05) is 12.1 Å². The molecule has 1 aliphatic rings. The van der Waals surface area contributed by atoms with Crippen molar-refractivity contribution in [1.82, 2.24) is 10.6 Å². The van der Waals surface area contributed by atoms with Gasteiger partial charge < -0.3 is 15.7 Å². The number of nitro benzene ring substituents is 1. The van der Waals surface area contributed by atoms with E-state index in [0.717, 1.165) is 35.6 Å². The molecule has 0 spiro atoms. The third kappa shape index (κ3) is 3.31. The molecule has 1 aromatic heterocycles. The fourth-order valence-corrected chi connectivity index (χ4v) is 3.70. The normalized spacial score (nSPS) is 24.9. The van der Waals surface area contributed by atoms with E-state index in [1.165, 1.54) is 22.8 Å². The molecule has 3 N–H and O–H groups in total. The minimum atomic E-state index is -5.36. The Morgan fingerprint density at radius 3 is 2.39 bits per heavy atom. The molecule has 0 saturated carbocycles. The highest BCUT2D eigenvalue weighted by molar-refractivity contribution is 7.12. The van der Waals surface area contributed by atoms with Gasteiger partial charge in [-0.15, -0.1) is 11.3 Å². The molecule has 0 bridgehead atoms. The Kier molecular flexibility index (Phi) is 4.85. The standard InChI is InChI=1S/C16H12F3N3O5S/c17-16(18,19)15(25)11(13(23)10-2-1-7-28-10)12(20-14(24)21-15)8-3-5-9(6-4-8)22(26)27/h1-7,11-12,25H,(H2,20,21,24). The maximum Gasteiger partial charge on any atom is 0.437 e. The quantitative estimate of drug-likeness (QED) is 0.403. The van der Waals surface area contributed by atoms with Gasteiger partial charge in [0.15, 0.2) is 5.78 Å². The summed E-state index contributed by atoms with van der Waals surface area (Å²) in [6, 6.07) is 4.16. The van der Waals surface area contributed by atoms with Crippen LogP contribution in [0.1, 0.15) is 21.3 Å². The first-order chi connectivity index (χ1) is 13.0. The molecule has 1 aliphatic heterocycles. The molecule has 3 rings (SSSR count). The summed E-state index contributed by atoms with van der Waals surface area (Å²) in [4.78, 5) is 34.7. The van der Waals surface area contributed by atoms with Crippen molar-refractivity contribution >= 4 is 28.8 Å². The SMILES string of the molecule is O=C1NC(c2ccc([N+](=O)[O-])cc2)C(C(=O)c2cccs2)C(O)(C(F)(F)F)N1. The van der Waals surface area contributed by atoms with Crippen LogP contribution in [0.5, 0.6) is 0 Å². The predicted molar refractivity (Wildman–Crippen MR) is 90.6 cm³/mol. The zero-order valence-electron chi connectivity index (χ0n) is 13.8. The second kappa shape index (κ2) is 6.87. The average Bonchev–Trinajstić information content (AvgIpc) is 3.14. The first-order valence-corrected chi connectivity index (χ1v) is 8.62. The van der Waals surface area contributed by atoms with Crippen molar-refractivity contribution in [3.05, 3.63) is 62.3 Å². The summed E-state index contributed by atoms with van der Waals surface area (Å²) in [5.41, 5.74) is -4.16. The van der Waals surface area contributed by atoms with Crippen LogP contribution in [0.3, 0.4) is 0 Å². The van der Waals surface area contributed by atoms with E-state index in [0.29, 0.717) is 0 Å². The van der Waals surface area contributed by atoms with E-state index in [-0.39, 0.29) is 16.1 Å². The molecule has 148 valence electrons. The van der Waals surface area contributed by atoms with Crippen LogP contribution in [0.15, 0.2) is 41.8 Å². The van der Waals surface area contributed by atoms with E-state index < -0.39 is 40.6 Å². The maximum absolute atomic E-state index is 13.7. The van der Waals surface area contributed by atoms with Crippen molar-refractivity contribution in [3.63, 3.8) is 0 Å². The van der Waals surface area contributed by atoms with E-state index in [4.69, 9.17) is 0 Å². The largest absolute Gasteiger partial charge is 0.437 e. The Bertz CT molecular complexity index is 917. The number of carbonyl (C=O) groups excluding carboxylic acids is 2. The van der Waals surface area contributed by atoms with Crippen LogP contribution in [0.4, 0.5) is 23.7 Å². The first kappa shape index (κ1) is 19.8. The summed E-state index contributed by atoms with van der Waals surface area (Å²) in [6.07, 6.45) is -5.36. The Labute approximate surface area is 159 Å². The number of Topliss-reactive ketones (excluding diaryl/α,β-unsaturated/α-hetero) is 1. The zero-order chi connectivity index (χ0) is 20.7. The number of aliphatic hydroxyl groups is 1. The van der Waals surface area contributed by atoms with Gasteiger partial charge in [-0.2, -0.15) is 13.2 Å². The summed E-state index contributed by atoms with van der Waals surface area (Å²) in [5, 5.41) is 26.2.